The summed E-state index contributed by atoms with van der Waals surface area (Å²) in [6, 6.07) is 5.10. The molecule has 1 unspecified atom stereocenters. The van der Waals surface area contributed by atoms with Crippen LogP contribution < -0.4 is 5.32 Å². The van der Waals surface area contributed by atoms with Crippen molar-refractivity contribution in [1.29, 1.82) is 0 Å². The summed E-state index contributed by atoms with van der Waals surface area (Å²) >= 11 is 0. The Balaban J connectivity index is 1.94. The molecule has 1 amide bonds. The number of halogens is 1. The van der Waals surface area contributed by atoms with Gasteiger partial charge in [-0.05, 0) is 43.9 Å². The van der Waals surface area contributed by atoms with Gasteiger partial charge < -0.3 is 10.4 Å². The molecule has 1 aliphatic rings. The summed E-state index contributed by atoms with van der Waals surface area (Å²) < 4.78 is 15.1. The van der Waals surface area contributed by atoms with Gasteiger partial charge in [-0.3, -0.25) is 4.79 Å². The molecule has 2 N–H and O–H groups in total. The molecule has 0 saturated heterocycles. The Morgan fingerprint density at radius 3 is 2.88 bits per heavy atom. The number of carboxylic acid groups (broad SMARTS) is 1. The first kappa shape index (κ1) is 17.1. The molecule has 7 heteroatoms. The number of aromatic nitrogens is 2. The van der Waals surface area contributed by atoms with Crippen LogP contribution in [0, 0.1) is 5.82 Å². The normalized spacial score (nSPS) is 14.2. The van der Waals surface area contributed by atoms with Crippen LogP contribution in [0.4, 0.5) is 4.39 Å². The fourth-order valence-corrected chi connectivity index (χ4v) is 3.21. The molecular formula is C18H20FN3O3. The SMILES string of the molecule is CCCC(NC(=O)c1nn(-c2cccc(F)c2)c2c1CCC2)C(=O)O. The van der Waals surface area contributed by atoms with Gasteiger partial charge in [-0.15, -0.1) is 0 Å². The van der Waals surface area contributed by atoms with Gasteiger partial charge in [0, 0.05) is 11.3 Å². The molecule has 1 aromatic heterocycles. The smallest absolute Gasteiger partial charge is 0.326 e. The highest BCUT2D eigenvalue weighted by Gasteiger charge is 2.29. The fraction of sp³-hybridized carbons (Fsp3) is 0.389. The van der Waals surface area contributed by atoms with Gasteiger partial charge in [0.1, 0.15) is 11.9 Å². The van der Waals surface area contributed by atoms with Gasteiger partial charge in [0.15, 0.2) is 5.69 Å². The Morgan fingerprint density at radius 1 is 1.40 bits per heavy atom. The lowest BCUT2D eigenvalue weighted by Gasteiger charge is -2.12. The van der Waals surface area contributed by atoms with Crippen molar-refractivity contribution < 1.29 is 19.1 Å². The van der Waals surface area contributed by atoms with Crippen LogP contribution in [0.25, 0.3) is 5.69 Å². The van der Waals surface area contributed by atoms with E-state index in [2.05, 4.69) is 10.4 Å². The molecule has 0 radical (unpaired) electrons. The van der Waals surface area contributed by atoms with Gasteiger partial charge in [0.25, 0.3) is 5.91 Å². The van der Waals surface area contributed by atoms with E-state index in [4.69, 9.17) is 0 Å². The zero-order chi connectivity index (χ0) is 18.0. The third kappa shape index (κ3) is 3.40. The average molecular weight is 345 g/mol. The van der Waals surface area contributed by atoms with Gasteiger partial charge in [-0.1, -0.05) is 19.4 Å². The number of carbonyl (C=O) groups excluding carboxylic acids is 1. The Hall–Kier alpha value is -2.70. The highest BCUT2D eigenvalue weighted by Crippen LogP contribution is 2.28. The highest BCUT2D eigenvalue weighted by molar-refractivity contribution is 5.96. The standard InChI is InChI=1S/C18H20FN3O3/c1-2-5-14(18(24)25)20-17(23)16-13-8-4-9-15(13)22(21-16)12-7-3-6-11(19)10-12/h3,6-7,10,14H,2,4-5,8-9H2,1H3,(H,20,23)(H,24,25). The number of nitrogens with zero attached hydrogens (tertiary/aromatic N) is 2. The molecule has 0 saturated carbocycles. The Kier molecular flexibility index (Phi) is 4.83. The molecule has 0 fully saturated rings. The van der Waals surface area contributed by atoms with E-state index in [9.17, 15) is 19.1 Å². The average Bonchev–Trinajstić information content (AvgIpc) is 3.16. The molecule has 2 aromatic rings. The van der Waals surface area contributed by atoms with Crippen LogP contribution in [0.5, 0.6) is 0 Å². The first-order valence-electron chi connectivity index (χ1n) is 8.41. The summed E-state index contributed by atoms with van der Waals surface area (Å²) in [7, 11) is 0. The molecule has 132 valence electrons. The van der Waals surface area contributed by atoms with Gasteiger partial charge in [0.05, 0.1) is 5.69 Å². The molecule has 3 rings (SSSR count). The van der Waals surface area contributed by atoms with Crippen molar-refractivity contribution in [2.45, 2.75) is 45.1 Å². The van der Waals surface area contributed by atoms with E-state index < -0.39 is 17.9 Å². The van der Waals surface area contributed by atoms with Crippen molar-refractivity contribution in [2.24, 2.45) is 0 Å². The number of aliphatic carboxylic acids is 1. The van der Waals surface area contributed by atoms with E-state index in [0.717, 1.165) is 24.1 Å². The van der Waals surface area contributed by atoms with Crippen LogP contribution in [0.2, 0.25) is 0 Å². The van der Waals surface area contributed by atoms with Crippen LogP contribution in [-0.2, 0) is 17.6 Å². The number of carboxylic acids is 1. The van der Waals surface area contributed by atoms with Crippen molar-refractivity contribution in [3.05, 3.63) is 47.0 Å². The van der Waals surface area contributed by atoms with Crippen molar-refractivity contribution >= 4 is 11.9 Å². The van der Waals surface area contributed by atoms with Gasteiger partial charge in [-0.2, -0.15) is 5.10 Å². The number of fused-ring (bicyclic) bond motifs is 1. The van der Waals surface area contributed by atoms with Crippen molar-refractivity contribution in [1.82, 2.24) is 15.1 Å². The van der Waals surface area contributed by atoms with Crippen molar-refractivity contribution in [2.75, 3.05) is 0 Å². The number of hydrogen-bond acceptors (Lipinski definition) is 3. The Labute approximate surface area is 144 Å². The maximum Gasteiger partial charge on any atom is 0.326 e. The van der Waals surface area contributed by atoms with Crippen LogP contribution in [0.3, 0.4) is 0 Å². The van der Waals surface area contributed by atoms with Gasteiger partial charge >= 0.3 is 5.97 Å². The molecule has 1 atom stereocenters. The molecule has 0 bridgehead atoms. The van der Waals surface area contributed by atoms with E-state index in [1.165, 1.54) is 12.1 Å². The summed E-state index contributed by atoms with van der Waals surface area (Å²) in [4.78, 5) is 23.9. The van der Waals surface area contributed by atoms with E-state index in [0.29, 0.717) is 24.9 Å². The predicted molar refractivity (Wildman–Crippen MR) is 89.3 cm³/mol. The predicted octanol–water partition coefficient (Wildman–Crippen LogP) is 2.48. The quantitative estimate of drug-likeness (QED) is 0.842. The third-order valence-electron chi connectivity index (χ3n) is 4.38. The van der Waals surface area contributed by atoms with E-state index in [-0.39, 0.29) is 11.5 Å². The van der Waals surface area contributed by atoms with Crippen LogP contribution in [0.1, 0.15) is 47.9 Å². The minimum atomic E-state index is -1.06. The largest absolute Gasteiger partial charge is 0.480 e. The minimum absolute atomic E-state index is 0.235. The van der Waals surface area contributed by atoms with Crippen molar-refractivity contribution in [3.8, 4) is 5.69 Å². The second kappa shape index (κ2) is 7.04. The molecule has 0 aliphatic heterocycles. The lowest BCUT2D eigenvalue weighted by molar-refractivity contribution is -0.139. The van der Waals surface area contributed by atoms with Crippen LogP contribution >= 0.6 is 0 Å². The maximum absolute atomic E-state index is 13.5. The number of rotatable bonds is 6. The lowest BCUT2D eigenvalue weighted by atomic mass is 10.1. The van der Waals surface area contributed by atoms with Gasteiger partial charge in [-0.25, -0.2) is 13.9 Å². The number of nitrogens with one attached hydrogen (secondary N) is 1. The molecular weight excluding hydrogens is 325 g/mol. The number of benzene rings is 1. The first-order valence-corrected chi connectivity index (χ1v) is 8.41. The fourth-order valence-electron chi connectivity index (χ4n) is 3.21. The number of hydrogen-bond donors (Lipinski definition) is 2. The molecule has 1 aromatic carbocycles. The summed E-state index contributed by atoms with van der Waals surface area (Å²) in [6.07, 6.45) is 3.35. The molecule has 1 aliphatic carbocycles. The Morgan fingerprint density at radius 2 is 2.20 bits per heavy atom. The molecule has 1 heterocycles. The van der Waals surface area contributed by atoms with E-state index in [1.807, 2.05) is 6.92 Å². The highest BCUT2D eigenvalue weighted by atomic mass is 19.1. The zero-order valence-corrected chi connectivity index (χ0v) is 14.0. The van der Waals surface area contributed by atoms with Crippen LogP contribution in [0.15, 0.2) is 24.3 Å². The van der Waals surface area contributed by atoms with E-state index >= 15 is 0 Å². The second-order valence-corrected chi connectivity index (χ2v) is 6.17. The Bertz CT molecular complexity index is 816. The van der Waals surface area contributed by atoms with Gasteiger partial charge in [0.2, 0.25) is 0 Å². The monoisotopic (exact) mass is 345 g/mol. The molecule has 25 heavy (non-hydrogen) atoms. The minimum Gasteiger partial charge on any atom is -0.480 e. The first-order chi connectivity index (χ1) is 12.0. The van der Waals surface area contributed by atoms with E-state index in [1.54, 1.807) is 16.8 Å². The summed E-state index contributed by atoms with van der Waals surface area (Å²) in [6.45, 7) is 1.86. The second-order valence-electron chi connectivity index (χ2n) is 6.17. The summed E-state index contributed by atoms with van der Waals surface area (Å²) in [5.41, 5.74) is 2.50. The third-order valence-corrected chi connectivity index (χ3v) is 4.38. The number of amides is 1. The maximum atomic E-state index is 13.5. The summed E-state index contributed by atoms with van der Waals surface area (Å²) in [5, 5.41) is 16.1. The van der Waals surface area contributed by atoms with Crippen molar-refractivity contribution in [3.63, 3.8) is 0 Å². The topological polar surface area (TPSA) is 84.2 Å². The number of carbonyl (C=O) groups is 2. The molecule has 0 spiro atoms. The van der Waals surface area contributed by atoms with Crippen LogP contribution in [-0.4, -0.2) is 32.8 Å². The zero-order valence-electron chi connectivity index (χ0n) is 14.0. The lowest BCUT2D eigenvalue weighted by Crippen LogP contribution is -2.41. The summed E-state index contributed by atoms with van der Waals surface area (Å²) in [5.74, 6) is -1.93. The molecule has 6 nitrogen and oxygen atoms in total.